The Morgan fingerprint density at radius 2 is 2.18 bits per heavy atom. The highest BCUT2D eigenvalue weighted by molar-refractivity contribution is 7.90. The zero-order chi connectivity index (χ0) is 13.1. The number of hydrogen-bond donors (Lipinski definition) is 1. The Morgan fingerprint density at radius 3 is 2.71 bits per heavy atom. The van der Waals surface area contributed by atoms with Crippen LogP contribution in [0.25, 0.3) is 0 Å². The number of nitrogens with one attached hydrogen (secondary N) is 1. The molecule has 0 aromatic carbocycles. The van der Waals surface area contributed by atoms with Gasteiger partial charge in [0, 0.05) is 25.0 Å². The first-order valence-electron chi connectivity index (χ1n) is 5.80. The molecule has 0 amide bonds. The number of rotatable bonds is 6. The number of aryl methyl sites for hydroxylation is 1. The van der Waals surface area contributed by atoms with Crippen LogP contribution in [0.3, 0.4) is 0 Å². The van der Waals surface area contributed by atoms with E-state index in [0.29, 0.717) is 0 Å². The van der Waals surface area contributed by atoms with Crippen LogP contribution in [0.4, 0.5) is 5.95 Å². The summed E-state index contributed by atoms with van der Waals surface area (Å²) < 4.78 is 24.5. The number of nitrogens with zero attached hydrogens (tertiary/aromatic N) is 2. The normalized spacial score (nSPS) is 13.6. The quantitative estimate of drug-likeness (QED) is 0.843. The Balaban J connectivity index is 2.88. The molecule has 0 saturated carbocycles. The van der Waals surface area contributed by atoms with Crippen molar-refractivity contribution >= 4 is 15.8 Å². The fourth-order valence-corrected chi connectivity index (χ4v) is 2.78. The molecule has 0 fully saturated rings. The third kappa shape index (κ3) is 4.38. The molecule has 1 N–H and O–H groups in total. The zero-order valence-electron chi connectivity index (χ0n) is 10.9. The van der Waals surface area contributed by atoms with Crippen LogP contribution in [0.2, 0.25) is 0 Å². The summed E-state index contributed by atoms with van der Waals surface area (Å²) in [5, 5.41) is 3.21. The highest BCUT2D eigenvalue weighted by Gasteiger charge is 2.16. The van der Waals surface area contributed by atoms with Gasteiger partial charge in [0.25, 0.3) is 0 Å². The summed E-state index contributed by atoms with van der Waals surface area (Å²) in [6, 6.07) is -0.106. The maximum Gasteiger partial charge on any atom is 0.203 e. The Kier molecular flexibility index (Phi) is 4.56. The summed E-state index contributed by atoms with van der Waals surface area (Å²) >= 11 is 0. The van der Waals surface area contributed by atoms with Crippen molar-refractivity contribution < 1.29 is 8.42 Å². The largest absolute Gasteiger partial charge is 0.356 e. The van der Waals surface area contributed by atoms with Crippen molar-refractivity contribution in [2.75, 3.05) is 23.9 Å². The van der Waals surface area contributed by atoms with Crippen molar-refractivity contribution in [1.29, 1.82) is 0 Å². The van der Waals surface area contributed by atoms with Crippen molar-refractivity contribution in [2.24, 2.45) is 0 Å². The van der Waals surface area contributed by atoms with Gasteiger partial charge < -0.3 is 9.88 Å². The number of hydrogen-bond acceptors (Lipinski definition) is 4. The number of aromatic nitrogens is 2. The smallest absolute Gasteiger partial charge is 0.203 e. The van der Waals surface area contributed by atoms with E-state index in [0.717, 1.165) is 24.6 Å². The summed E-state index contributed by atoms with van der Waals surface area (Å²) in [6.45, 7) is 6.70. The van der Waals surface area contributed by atoms with Gasteiger partial charge in [-0.1, -0.05) is 6.92 Å². The number of anilines is 1. The number of imidazole rings is 1. The molecule has 5 nitrogen and oxygen atoms in total. The molecule has 6 heteroatoms. The highest BCUT2D eigenvalue weighted by Crippen LogP contribution is 2.17. The van der Waals surface area contributed by atoms with E-state index >= 15 is 0 Å². The molecule has 17 heavy (non-hydrogen) atoms. The van der Waals surface area contributed by atoms with Gasteiger partial charge in [-0.05, 0) is 20.3 Å². The minimum atomic E-state index is -2.98. The van der Waals surface area contributed by atoms with Gasteiger partial charge in [0.2, 0.25) is 5.95 Å². The second kappa shape index (κ2) is 5.53. The molecule has 0 bridgehead atoms. The lowest BCUT2D eigenvalue weighted by molar-refractivity contribution is 0.563. The van der Waals surface area contributed by atoms with Gasteiger partial charge in [0.15, 0.2) is 0 Å². The topological polar surface area (TPSA) is 64.0 Å². The molecule has 0 aliphatic rings. The predicted molar refractivity (Wildman–Crippen MR) is 70.2 cm³/mol. The molecular weight excluding hydrogens is 238 g/mol. The van der Waals surface area contributed by atoms with E-state index in [9.17, 15) is 8.42 Å². The van der Waals surface area contributed by atoms with E-state index in [2.05, 4.69) is 17.2 Å². The van der Waals surface area contributed by atoms with Crippen LogP contribution in [0, 0.1) is 6.92 Å². The average molecular weight is 259 g/mol. The van der Waals surface area contributed by atoms with Crippen molar-refractivity contribution in [3.63, 3.8) is 0 Å². The average Bonchev–Trinajstić information content (AvgIpc) is 2.54. The minimum Gasteiger partial charge on any atom is -0.356 e. The fourth-order valence-electron chi connectivity index (χ4n) is 1.74. The third-order valence-corrected chi connectivity index (χ3v) is 3.49. The van der Waals surface area contributed by atoms with Gasteiger partial charge in [0.1, 0.15) is 9.84 Å². The summed E-state index contributed by atoms with van der Waals surface area (Å²) in [7, 11) is -2.98. The van der Waals surface area contributed by atoms with E-state index in [1.54, 1.807) is 0 Å². The van der Waals surface area contributed by atoms with E-state index in [-0.39, 0.29) is 11.8 Å². The first-order valence-corrected chi connectivity index (χ1v) is 7.86. The Bertz CT molecular complexity index is 465. The monoisotopic (exact) mass is 259 g/mol. The van der Waals surface area contributed by atoms with Crippen LogP contribution < -0.4 is 5.32 Å². The van der Waals surface area contributed by atoms with Gasteiger partial charge in [0.05, 0.1) is 11.4 Å². The Morgan fingerprint density at radius 1 is 1.53 bits per heavy atom. The van der Waals surface area contributed by atoms with Gasteiger partial charge in [-0.25, -0.2) is 13.4 Å². The highest BCUT2D eigenvalue weighted by atomic mass is 32.2. The first-order chi connectivity index (χ1) is 7.83. The first kappa shape index (κ1) is 14.0. The van der Waals surface area contributed by atoms with Crippen LogP contribution in [-0.4, -0.2) is 36.5 Å². The molecule has 0 aliphatic heterocycles. The standard InChI is InChI=1S/C11H21N3O2S/c1-5-6-12-11-13-9(2)7-14(11)10(3)8-17(4,15)16/h7,10H,5-6,8H2,1-4H3,(H,12,13). The SMILES string of the molecule is CCCNc1nc(C)cn1C(C)CS(C)(=O)=O. The third-order valence-electron chi connectivity index (χ3n) is 2.40. The van der Waals surface area contributed by atoms with Crippen LogP contribution in [0.15, 0.2) is 6.20 Å². The van der Waals surface area contributed by atoms with Gasteiger partial charge in [-0.15, -0.1) is 0 Å². The molecular formula is C11H21N3O2S. The molecule has 0 radical (unpaired) electrons. The van der Waals surface area contributed by atoms with Gasteiger partial charge in [-0.3, -0.25) is 0 Å². The van der Waals surface area contributed by atoms with Crippen molar-refractivity contribution in [3.05, 3.63) is 11.9 Å². The molecule has 1 aromatic rings. The molecule has 1 aromatic heterocycles. The Hall–Kier alpha value is -1.04. The van der Waals surface area contributed by atoms with Crippen LogP contribution in [0.5, 0.6) is 0 Å². The maximum atomic E-state index is 11.3. The summed E-state index contributed by atoms with van der Waals surface area (Å²) in [5.74, 6) is 0.879. The van der Waals surface area contributed by atoms with Crippen molar-refractivity contribution in [2.45, 2.75) is 33.2 Å². The zero-order valence-corrected chi connectivity index (χ0v) is 11.7. The van der Waals surface area contributed by atoms with Crippen LogP contribution in [0.1, 0.15) is 32.0 Å². The van der Waals surface area contributed by atoms with Crippen LogP contribution >= 0.6 is 0 Å². The van der Waals surface area contributed by atoms with E-state index in [4.69, 9.17) is 0 Å². The molecule has 0 spiro atoms. The molecule has 1 heterocycles. The Labute approximate surface area is 103 Å². The molecule has 1 rings (SSSR count). The lowest BCUT2D eigenvalue weighted by atomic mass is 10.4. The predicted octanol–water partition coefficient (Wildman–Crippen LogP) is 1.62. The lowest BCUT2D eigenvalue weighted by Gasteiger charge is -2.15. The summed E-state index contributed by atoms with van der Waals surface area (Å²) in [5.41, 5.74) is 0.893. The second-order valence-corrected chi connectivity index (χ2v) is 6.67. The molecule has 0 aliphatic carbocycles. The minimum absolute atomic E-state index is 0.106. The van der Waals surface area contributed by atoms with Crippen LogP contribution in [-0.2, 0) is 9.84 Å². The molecule has 1 unspecified atom stereocenters. The van der Waals surface area contributed by atoms with Crippen molar-refractivity contribution in [3.8, 4) is 0 Å². The van der Waals surface area contributed by atoms with Gasteiger partial charge in [-0.2, -0.15) is 0 Å². The van der Waals surface area contributed by atoms with Gasteiger partial charge >= 0.3 is 0 Å². The van der Waals surface area contributed by atoms with E-state index < -0.39 is 9.84 Å². The second-order valence-electron chi connectivity index (χ2n) is 4.48. The summed E-state index contributed by atoms with van der Waals surface area (Å²) in [4.78, 5) is 4.36. The fraction of sp³-hybridized carbons (Fsp3) is 0.727. The maximum absolute atomic E-state index is 11.3. The molecule has 0 saturated heterocycles. The summed E-state index contributed by atoms with van der Waals surface area (Å²) in [6.07, 6.45) is 4.15. The van der Waals surface area contributed by atoms with E-state index in [1.807, 2.05) is 24.6 Å². The van der Waals surface area contributed by atoms with Crippen molar-refractivity contribution in [1.82, 2.24) is 9.55 Å². The van der Waals surface area contributed by atoms with E-state index in [1.165, 1.54) is 6.26 Å². The molecule has 98 valence electrons. The number of sulfone groups is 1. The molecule has 1 atom stereocenters. The lowest BCUT2D eigenvalue weighted by Crippen LogP contribution is -2.18.